The molecule has 0 unspecified atom stereocenters. The van der Waals surface area contributed by atoms with Gasteiger partial charge in [-0.25, -0.2) is 4.39 Å². The maximum Gasteiger partial charge on any atom is 0.182 e. The molecule has 2 aromatic rings. The summed E-state index contributed by atoms with van der Waals surface area (Å²) in [6, 6.07) is 12.0. The van der Waals surface area contributed by atoms with E-state index in [1.807, 2.05) is 0 Å². The highest BCUT2D eigenvalue weighted by Crippen LogP contribution is 2.27. The number of allylic oxidation sites excluding steroid dienone is 1. The Morgan fingerprint density at radius 3 is 2.00 bits per heavy atom. The number of halogens is 1. The van der Waals surface area contributed by atoms with Gasteiger partial charge in [0, 0.05) is 11.1 Å². The molecule has 3 rings (SSSR count). The fourth-order valence-electron chi connectivity index (χ4n) is 2.45. The predicted octanol–water partition coefficient (Wildman–Crippen LogP) is 3.10. The molecule has 0 aromatic heterocycles. The molecule has 0 radical (unpaired) electrons. The number of benzene rings is 2. The lowest BCUT2D eigenvalue weighted by atomic mass is 9.97. The molecule has 108 valence electrons. The molecule has 0 saturated heterocycles. The second kappa shape index (κ2) is 5.48. The van der Waals surface area contributed by atoms with Gasteiger partial charge in [-0.15, -0.1) is 0 Å². The van der Waals surface area contributed by atoms with E-state index in [2.05, 4.69) is 0 Å². The fraction of sp³-hybridized carbons (Fsp3) is 0.0556. The zero-order chi connectivity index (χ0) is 15.7. The lowest BCUT2D eigenvalue weighted by Crippen LogP contribution is -2.23. The van der Waals surface area contributed by atoms with Crippen molar-refractivity contribution in [2.45, 2.75) is 0 Å². The summed E-state index contributed by atoms with van der Waals surface area (Å²) in [5.41, 5.74) is 1.20. The minimum Gasteiger partial charge on any atom is -0.294 e. The van der Waals surface area contributed by atoms with Crippen molar-refractivity contribution in [1.82, 2.24) is 0 Å². The van der Waals surface area contributed by atoms with E-state index in [1.165, 1.54) is 36.4 Å². The highest BCUT2D eigenvalue weighted by Gasteiger charge is 2.41. The molecule has 22 heavy (non-hydrogen) atoms. The molecule has 1 aliphatic carbocycles. The van der Waals surface area contributed by atoms with Gasteiger partial charge >= 0.3 is 0 Å². The van der Waals surface area contributed by atoms with Gasteiger partial charge in [0.1, 0.15) is 11.7 Å². The van der Waals surface area contributed by atoms with E-state index in [1.54, 1.807) is 24.3 Å². The number of rotatable bonds is 3. The van der Waals surface area contributed by atoms with Crippen LogP contribution in [0, 0.1) is 11.7 Å². The van der Waals surface area contributed by atoms with E-state index in [9.17, 15) is 18.8 Å². The number of carbonyl (C=O) groups excluding carboxylic acids is 3. The number of ketones is 3. The summed E-state index contributed by atoms with van der Waals surface area (Å²) >= 11 is 0. The summed E-state index contributed by atoms with van der Waals surface area (Å²) < 4.78 is 12.8. The molecule has 0 heterocycles. The van der Waals surface area contributed by atoms with E-state index < -0.39 is 23.3 Å². The van der Waals surface area contributed by atoms with Gasteiger partial charge in [0.15, 0.2) is 17.3 Å². The molecule has 0 bridgehead atoms. The van der Waals surface area contributed by atoms with Crippen molar-refractivity contribution in [3.05, 3.63) is 77.1 Å². The third-order valence-electron chi connectivity index (χ3n) is 3.58. The highest BCUT2D eigenvalue weighted by molar-refractivity contribution is 6.37. The molecular formula is C18H11FO3. The smallest absolute Gasteiger partial charge is 0.182 e. The largest absolute Gasteiger partial charge is 0.294 e. The van der Waals surface area contributed by atoms with Crippen molar-refractivity contribution >= 4 is 23.4 Å². The van der Waals surface area contributed by atoms with Crippen molar-refractivity contribution in [2.75, 3.05) is 0 Å². The Bertz CT molecular complexity index is 768. The molecule has 2 aromatic carbocycles. The number of fused-ring (bicyclic) bond motifs is 1. The summed E-state index contributed by atoms with van der Waals surface area (Å²) in [4.78, 5) is 36.5. The van der Waals surface area contributed by atoms with E-state index in [-0.39, 0.29) is 5.82 Å². The Labute approximate surface area is 126 Å². The average molecular weight is 294 g/mol. The summed E-state index contributed by atoms with van der Waals surface area (Å²) in [5.74, 6) is -3.16. The molecule has 4 heteroatoms. The van der Waals surface area contributed by atoms with E-state index in [0.717, 1.165) is 0 Å². The molecule has 3 nitrogen and oxygen atoms in total. The first-order chi connectivity index (χ1) is 10.6. The van der Waals surface area contributed by atoms with Crippen molar-refractivity contribution in [3.8, 4) is 0 Å². The van der Waals surface area contributed by atoms with E-state index in [4.69, 9.17) is 0 Å². The Hall–Kier alpha value is -2.88. The van der Waals surface area contributed by atoms with Crippen LogP contribution in [0.25, 0.3) is 6.08 Å². The first kappa shape index (κ1) is 14.1. The summed E-state index contributed by atoms with van der Waals surface area (Å²) in [6.07, 6.45) is 2.66. The second-order valence-electron chi connectivity index (χ2n) is 4.99. The van der Waals surface area contributed by atoms with Gasteiger partial charge in [0.2, 0.25) is 0 Å². The van der Waals surface area contributed by atoms with Crippen LogP contribution < -0.4 is 0 Å². The Morgan fingerprint density at radius 2 is 1.45 bits per heavy atom. The van der Waals surface area contributed by atoms with Crippen molar-refractivity contribution in [2.24, 2.45) is 5.92 Å². The van der Waals surface area contributed by atoms with Crippen LogP contribution in [0.2, 0.25) is 0 Å². The van der Waals surface area contributed by atoms with Crippen LogP contribution in [0.4, 0.5) is 4.39 Å². The predicted molar refractivity (Wildman–Crippen MR) is 79.0 cm³/mol. The highest BCUT2D eigenvalue weighted by atomic mass is 19.1. The third kappa shape index (κ3) is 2.39. The van der Waals surface area contributed by atoms with Crippen molar-refractivity contribution in [3.63, 3.8) is 0 Å². The lowest BCUT2D eigenvalue weighted by Gasteiger charge is -2.01. The number of Topliss-reactive ketones (excluding diaryl/α,β-unsaturated/α-hetero) is 2. The summed E-state index contributed by atoms with van der Waals surface area (Å²) in [7, 11) is 0. The first-order valence-corrected chi connectivity index (χ1v) is 6.73. The minimum atomic E-state index is -1.30. The molecule has 0 atom stereocenters. The minimum absolute atomic E-state index is 0.293. The zero-order valence-electron chi connectivity index (χ0n) is 11.5. The molecule has 0 amide bonds. The Morgan fingerprint density at radius 1 is 0.909 bits per heavy atom. The molecule has 1 aliphatic rings. The van der Waals surface area contributed by atoms with Gasteiger partial charge in [-0.2, -0.15) is 0 Å². The topological polar surface area (TPSA) is 51.2 Å². The molecule has 0 aliphatic heterocycles. The van der Waals surface area contributed by atoms with Crippen LogP contribution in [-0.4, -0.2) is 17.3 Å². The standard InChI is InChI=1S/C18H11FO3/c19-12-8-5-11(6-9-12)7-10-15(20)16-17(21)13-3-1-2-4-14(13)18(16)22/h1-10,16H/b10-7+. The number of hydrogen-bond acceptors (Lipinski definition) is 3. The Kier molecular flexibility index (Phi) is 3.51. The van der Waals surface area contributed by atoms with Crippen LogP contribution in [0.1, 0.15) is 26.3 Å². The van der Waals surface area contributed by atoms with Gasteiger partial charge in [0.05, 0.1) is 0 Å². The summed E-state index contributed by atoms with van der Waals surface area (Å²) in [5, 5.41) is 0. The molecule has 0 saturated carbocycles. The second-order valence-corrected chi connectivity index (χ2v) is 4.99. The SMILES string of the molecule is O=C(/C=C/c1ccc(F)cc1)C1C(=O)c2ccccc2C1=O. The van der Waals surface area contributed by atoms with Gasteiger partial charge in [-0.1, -0.05) is 42.5 Å². The normalized spacial score (nSPS) is 14.6. The Balaban J connectivity index is 1.83. The molecule has 0 spiro atoms. The number of hydrogen-bond donors (Lipinski definition) is 0. The zero-order valence-corrected chi connectivity index (χ0v) is 11.5. The lowest BCUT2D eigenvalue weighted by molar-refractivity contribution is -0.115. The van der Waals surface area contributed by atoms with Crippen molar-refractivity contribution in [1.29, 1.82) is 0 Å². The fourth-order valence-corrected chi connectivity index (χ4v) is 2.45. The number of carbonyl (C=O) groups is 3. The van der Waals surface area contributed by atoms with Crippen LogP contribution in [0.15, 0.2) is 54.6 Å². The van der Waals surface area contributed by atoms with Crippen LogP contribution in [0.5, 0.6) is 0 Å². The van der Waals surface area contributed by atoms with Gasteiger partial charge in [-0.05, 0) is 23.8 Å². The van der Waals surface area contributed by atoms with Crippen LogP contribution in [0.3, 0.4) is 0 Å². The van der Waals surface area contributed by atoms with E-state index >= 15 is 0 Å². The van der Waals surface area contributed by atoms with E-state index in [0.29, 0.717) is 16.7 Å². The maximum atomic E-state index is 12.8. The quantitative estimate of drug-likeness (QED) is 0.645. The van der Waals surface area contributed by atoms with Gasteiger partial charge in [0.25, 0.3) is 0 Å². The molecular weight excluding hydrogens is 283 g/mol. The van der Waals surface area contributed by atoms with Gasteiger partial charge < -0.3 is 0 Å². The van der Waals surface area contributed by atoms with Gasteiger partial charge in [-0.3, -0.25) is 14.4 Å². The summed E-state index contributed by atoms with van der Waals surface area (Å²) in [6.45, 7) is 0. The average Bonchev–Trinajstić information content (AvgIpc) is 2.79. The third-order valence-corrected chi connectivity index (χ3v) is 3.58. The molecule has 0 N–H and O–H groups in total. The monoisotopic (exact) mass is 294 g/mol. The molecule has 0 fully saturated rings. The van der Waals surface area contributed by atoms with Crippen LogP contribution in [-0.2, 0) is 4.79 Å². The first-order valence-electron chi connectivity index (χ1n) is 6.73. The van der Waals surface area contributed by atoms with Crippen LogP contribution >= 0.6 is 0 Å². The van der Waals surface area contributed by atoms with Crippen molar-refractivity contribution < 1.29 is 18.8 Å². The maximum absolute atomic E-state index is 12.8.